The average Bonchev–Trinajstić information content (AvgIpc) is 3.08. The van der Waals surface area contributed by atoms with Crippen LogP contribution >= 0.6 is 0 Å². The van der Waals surface area contributed by atoms with E-state index in [1.165, 1.54) is 60.8 Å². The van der Waals surface area contributed by atoms with E-state index in [1.54, 1.807) is 0 Å². The largest absolute Gasteiger partial charge is 0.495 e. The lowest BCUT2D eigenvalue weighted by Crippen LogP contribution is -2.48. The summed E-state index contributed by atoms with van der Waals surface area (Å²) in [6.45, 7) is 23.4. The number of ether oxygens (including phenoxy) is 1. The monoisotopic (exact) mass is 570 g/mol. The van der Waals surface area contributed by atoms with Crippen LogP contribution in [0.4, 0.5) is 0 Å². The van der Waals surface area contributed by atoms with Crippen LogP contribution in [0, 0.1) is 23.2 Å². The van der Waals surface area contributed by atoms with Crippen LogP contribution in [0.5, 0.6) is 5.75 Å². The van der Waals surface area contributed by atoms with E-state index < -0.39 is 18.3 Å². The van der Waals surface area contributed by atoms with Crippen LogP contribution in [0.2, 0.25) is 0 Å². The minimum atomic E-state index is -0.421. The third-order valence-corrected chi connectivity index (χ3v) is 11.5. The van der Waals surface area contributed by atoms with Crippen LogP contribution in [0.15, 0.2) is 36.4 Å². The van der Waals surface area contributed by atoms with Gasteiger partial charge in [0.05, 0.1) is 17.8 Å². The molecule has 1 saturated heterocycles. The van der Waals surface area contributed by atoms with Gasteiger partial charge >= 0.3 is 7.12 Å². The highest BCUT2D eigenvalue weighted by Crippen LogP contribution is 2.63. The Morgan fingerprint density at radius 2 is 1.36 bits per heavy atom. The molecule has 0 atom stereocenters. The summed E-state index contributed by atoms with van der Waals surface area (Å²) in [4.78, 5) is 0. The van der Waals surface area contributed by atoms with Gasteiger partial charge in [-0.2, -0.15) is 0 Å². The molecule has 0 unspecified atom stereocenters. The fourth-order valence-corrected chi connectivity index (χ4v) is 9.70. The first-order valence-electron chi connectivity index (χ1n) is 16.8. The van der Waals surface area contributed by atoms with E-state index in [-0.39, 0.29) is 16.2 Å². The van der Waals surface area contributed by atoms with E-state index in [0.717, 1.165) is 35.4 Å². The van der Waals surface area contributed by atoms with Gasteiger partial charge in [0.2, 0.25) is 0 Å². The average molecular weight is 571 g/mol. The molecule has 228 valence electrons. The summed E-state index contributed by atoms with van der Waals surface area (Å²) < 4.78 is 20.1. The first kappa shape index (κ1) is 30.3. The van der Waals surface area contributed by atoms with Crippen molar-refractivity contribution in [2.75, 3.05) is 6.61 Å². The van der Waals surface area contributed by atoms with Crippen molar-refractivity contribution in [1.82, 2.24) is 0 Å². The topological polar surface area (TPSA) is 27.7 Å². The zero-order valence-corrected chi connectivity index (χ0v) is 28.2. The minimum Gasteiger partial charge on any atom is -0.493 e. The fraction of sp³-hybridized carbons (Fsp3) is 0.684. The molecule has 0 aromatic heterocycles. The summed E-state index contributed by atoms with van der Waals surface area (Å²) in [7, 11) is -0.421. The van der Waals surface area contributed by atoms with Crippen LogP contribution in [0.1, 0.15) is 125 Å². The lowest BCUT2D eigenvalue weighted by molar-refractivity contribution is -0.00636. The summed E-state index contributed by atoms with van der Waals surface area (Å²) in [6, 6.07) is 13.8. The number of hydrogen-bond acceptors (Lipinski definition) is 3. The Balaban J connectivity index is 1.57. The fourth-order valence-electron chi connectivity index (χ4n) is 9.70. The van der Waals surface area contributed by atoms with Crippen LogP contribution < -0.4 is 10.2 Å². The molecular weight excluding hydrogens is 515 g/mol. The molecule has 2 aromatic carbocycles. The summed E-state index contributed by atoms with van der Waals surface area (Å²) in [5.74, 6) is 3.73. The maximum atomic E-state index is 6.80. The van der Waals surface area contributed by atoms with Gasteiger partial charge in [-0.25, -0.2) is 0 Å². The zero-order valence-electron chi connectivity index (χ0n) is 28.2. The zero-order chi connectivity index (χ0) is 30.3. The Bertz CT molecular complexity index is 1280. The highest BCUT2D eigenvalue weighted by molar-refractivity contribution is 6.64. The van der Waals surface area contributed by atoms with Crippen LogP contribution in [0.25, 0.3) is 11.1 Å². The lowest BCUT2D eigenvalue weighted by Gasteiger charge is -2.57. The van der Waals surface area contributed by atoms with Crippen LogP contribution in [-0.2, 0) is 20.1 Å². The molecule has 2 aromatic rings. The van der Waals surface area contributed by atoms with Crippen molar-refractivity contribution in [3.8, 4) is 16.9 Å². The Kier molecular flexibility index (Phi) is 7.30. The van der Waals surface area contributed by atoms with E-state index >= 15 is 0 Å². The third kappa shape index (κ3) is 5.27. The van der Waals surface area contributed by atoms with Crippen molar-refractivity contribution in [3.63, 3.8) is 0 Å². The lowest BCUT2D eigenvalue weighted by atomic mass is 9.47. The van der Waals surface area contributed by atoms with Crippen LogP contribution in [-0.4, -0.2) is 24.9 Å². The first-order valence-corrected chi connectivity index (χ1v) is 16.8. The van der Waals surface area contributed by atoms with E-state index in [4.69, 9.17) is 14.0 Å². The molecule has 5 aliphatic rings. The smallest absolute Gasteiger partial charge is 0.493 e. The summed E-state index contributed by atoms with van der Waals surface area (Å²) in [5.41, 5.74) is 6.10. The SMILES string of the molecule is CCOc1c(-c2ccccc2B2OC(C)(C)C(C)(C)O2)cc(C(C)(C)CC(C)(C)C)cc1C12CC3CC(CC(C3)C1)C2. The van der Waals surface area contributed by atoms with E-state index in [2.05, 4.69) is 106 Å². The highest BCUT2D eigenvalue weighted by Gasteiger charge is 2.54. The maximum absolute atomic E-state index is 6.80. The van der Waals surface area contributed by atoms with E-state index in [9.17, 15) is 0 Å². The second-order valence-electron chi connectivity index (χ2n) is 17.3. The van der Waals surface area contributed by atoms with Gasteiger partial charge in [0.25, 0.3) is 0 Å². The Labute approximate surface area is 256 Å². The highest BCUT2D eigenvalue weighted by atomic mass is 16.7. The van der Waals surface area contributed by atoms with Crippen molar-refractivity contribution in [3.05, 3.63) is 47.5 Å². The van der Waals surface area contributed by atoms with Crippen molar-refractivity contribution < 1.29 is 14.0 Å². The van der Waals surface area contributed by atoms with Crippen molar-refractivity contribution in [2.45, 2.75) is 136 Å². The molecule has 0 radical (unpaired) electrons. The molecule has 0 N–H and O–H groups in total. The van der Waals surface area contributed by atoms with Gasteiger partial charge in [-0.05, 0) is 136 Å². The molecule has 3 nitrogen and oxygen atoms in total. The quantitative estimate of drug-likeness (QED) is 0.311. The normalized spacial score (nSPS) is 29.8. The number of rotatable bonds is 7. The Morgan fingerprint density at radius 1 is 0.810 bits per heavy atom. The van der Waals surface area contributed by atoms with Crippen molar-refractivity contribution >= 4 is 12.6 Å². The summed E-state index contributed by atoms with van der Waals surface area (Å²) in [6.07, 6.45) is 9.40. The minimum absolute atomic E-state index is 0.0219. The van der Waals surface area contributed by atoms with Gasteiger partial charge in [0.15, 0.2) is 0 Å². The van der Waals surface area contributed by atoms with Gasteiger partial charge in [-0.3, -0.25) is 0 Å². The van der Waals surface area contributed by atoms with Gasteiger partial charge in [0, 0.05) is 11.1 Å². The van der Waals surface area contributed by atoms with Gasteiger partial charge < -0.3 is 14.0 Å². The molecule has 5 fully saturated rings. The predicted molar refractivity (Wildman–Crippen MR) is 176 cm³/mol. The molecule has 4 saturated carbocycles. The van der Waals surface area contributed by atoms with Gasteiger partial charge in [-0.15, -0.1) is 0 Å². The maximum Gasteiger partial charge on any atom is 0.495 e. The molecule has 4 bridgehead atoms. The first-order chi connectivity index (χ1) is 19.5. The van der Waals surface area contributed by atoms with Crippen molar-refractivity contribution in [1.29, 1.82) is 0 Å². The third-order valence-electron chi connectivity index (χ3n) is 11.5. The summed E-state index contributed by atoms with van der Waals surface area (Å²) >= 11 is 0. The Hall–Kier alpha value is -1.78. The Morgan fingerprint density at radius 3 is 1.88 bits per heavy atom. The number of benzene rings is 2. The second kappa shape index (κ2) is 10.1. The number of hydrogen-bond donors (Lipinski definition) is 0. The summed E-state index contributed by atoms with van der Waals surface area (Å²) in [5, 5.41) is 0. The molecular formula is C38H55BO3. The molecule has 4 aliphatic carbocycles. The molecule has 42 heavy (non-hydrogen) atoms. The molecule has 4 heteroatoms. The molecule has 1 aliphatic heterocycles. The predicted octanol–water partition coefficient (Wildman–Crippen LogP) is 9.23. The van der Waals surface area contributed by atoms with E-state index in [1.807, 2.05) is 0 Å². The van der Waals surface area contributed by atoms with Gasteiger partial charge in [0.1, 0.15) is 5.75 Å². The molecule has 0 amide bonds. The van der Waals surface area contributed by atoms with E-state index in [0.29, 0.717) is 6.61 Å². The standard InChI is InChI=1S/C38H55BO3/c1-11-40-33-30(29-14-12-13-15-32(29)39-41-36(7,8)37(9,10)42-39)19-28(35(5,6)24-34(2,3)4)20-31(33)38-21-25-16-26(22-38)18-27(17-25)23-38/h12-15,19-20,25-27H,11,16-18,21-24H2,1-10H3. The molecule has 1 heterocycles. The van der Waals surface area contributed by atoms with Crippen LogP contribution in [0.3, 0.4) is 0 Å². The molecule has 7 rings (SSSR count). The van der Waals surface area contributed by atoms with Gasteiger partial charge in [-0.1, -0.05) is 65.0 Å². The molecule has 0 spiro atoms. The second-order valence-corrected chi connectivity index (χ2v) is 17.3. The van der Waals surface area contributed by atoms with Crippen molar-refractivity contribution in [2.24, 2.45) is 23.2 Å².